The summed E-state index contributed by atoms with van der Waals surface area (Å²) in [6, 6.07) is -0.317. The fraction of sp³-hybridized carbons (Fsp3) is 0.917. The highest BCUT2D eigenvalue weighted by molar-refractivity contribution is 5.72. The highest BCUT2D eigenvalue weighted by atomic mass is 19.1. The lowest BCUT2D eigenvalue weighted by molar-refractivity contribution is -0.158. The third kappa shape index (κ3) is 5.79. The molecule has 28 heavy (non-hydrogen) atoms. The van der Waals surface area contributed by atoms with E-state index in [4.69, 9.17) is 4.74 Å². The zero-order valence-electron chi connectivity index (χ0n) is 17.8. The van der Waals surface area contributed by atoms with E-state index in [0.29, 0.717) is 12.8 Å². The Morgan fingerprint density at radius 1 is 1.00 bits per heavy atom. The number of ether oxygens (including phenoxy) is 1. The molecule has 3 unspecified atom stereocenters. The number of aliphatic imine (C=N–C) groups is 1. The molecule has 0 aromatic rings. The summed E-state index contributed by atoms with van der Waals surface area (Å²) in [6.45, 7) is 5.75. The van der Waals surface area contributed by atoms with E-state index < -0.39 is 6.17 Å². The number of carbonyl (C=O) groups is 1. The van der Waals surface area contributed by atoms with Crippen LogP contribution in [0.2, 0.25) is 0 Å². The maximum atomic E-state index is 14.0. The molecular formula is C24H40FNO2. The first-order chi connectivity index (χ1) is 13.6. The van der Waals surface area contributed by atoms with Crippen LogP contribution >= 0.6 is 0 Å². The van der Waals surface area contributed by atoms with Gasteiger partial charge in [0.05, 0.1) is 12.0 Å². The molecule has 0 saturated heterocycles. The normalized spacial score (nSPS) is 39.3. The number of alkyl halides is 1. The van der Waals surface area contributed by atoms with Gasteiger partial charge in [-0.3, -0.25) is 9.79 Å². The Bertz CT molecular complexity index is 495. The maximum Gasteiger partial charge on any atom is 0.309 e. The van der Waals surface area contributed by atoms with Gasteiger partial charge in [-0.2, -0.15) is 0 Å². The van der Waals surface area contributed by atoms with Gasteiger partial charge in [-0.1, -0.05) is 39.0 Å². The third-order valence-electron chi connectivity index (χ3n) is 7.84. The van der Waals surface area contributed by atoms with E-state index in [-0.39, 0.29) is 30.5 Å². The number of carbonyl (C=O) groups excluding carboxylic acids is 1. The smallest absolute Gasteiger partial charge is 0.309 e. The van der Waals surface area contributed by atoms with Crippen molar-refractivity contribution in [3.63, 3.8) is 0 Å². The van der Waals surface area contributed by atoms with Crippen LogP contribution in [0.5, 0.6) is 0 Å². The molecule has 3 aliphatic rings. The summed E-state index contributed by atoms with van der Waals surface area (Å²) < 4.78 is 19.7. The van der Waals surface area contributed by atoms with Crippen LogP contribution in [0.25, 0.3) is 0 Å². The van der Waals surface area contributed by atoms with Gasteiger partial charge in [0, 0.05) is 6.42 Å². The van der Waals surface area contributed by atoms with Gasteiger partial charge in [0.15, 0.2) is 0 Å². The Labute approximate surface area is 170 Å². The number of rotatable bonds is 7. The summed E-state index contributed by atoms with van der Waals surface area (Å²) in [4.78, 5) is 16.4. The quantitative estimate of drug-likeness (QED) is 0.376. The summed E-state index contributed by atoms with van der Waals surface area (Å²) in [5.41, 5.74) is 0. The molecule has 3 saturated carbocycles. The van der Waals surface area contributed by atoms with Crippen LogP contribution < -0.4 is 0 Å². The first kappa shape index (κ1) is 21.8. The van der Waals surface area contributed by atoms with Crippen LogP contribution in [0, 0.1) is 23.7 Å². The van der Waals surface area contributed by atoms with E-state index in [1.807, 2.05) is 0 Å². The molecule has 0 aromatic carbocycles. The Morgan fingerprint density at radius 3 is 2.21 bits per heavy atom. The van der Waals surface area contributed by atoms with Crippen molar-refractivity contribution in [1.82, 2.24) is 0 Å². The molecule has 3 nitrogen and oxygen atoms in total. The first-order valence-corrected chi connectivity index (χ1v) is 11.9. The van der Waals surface area contributed by atoms with Crippen LogP contribution in [0.15, 0.2) is 4.99 Å². The van der Waals surface area contributed by atoms with Gasteiger partial charge >= 0.3 is 5.97 Å². The lowest BCUT2D eigenvalue weighted by atomic mass is 9.68. The van der Waals surface area contributed by atoms with Gasteiger partial charge in [0.25, 0.3) is 0 Å². The molecule has 3 rings (SSSR count). The molecule has 0 radical (unpaired) electrons. The Morgan fingerprint density at radius 2 is 1.64 bits per heavy atom. The fourth-order valence-corrected chi connectivity index (χ4v) is 5.90. The van der Waals surface area contributed by atoms with Crippen molar-refractivity contribution in [2.45, 2.75) is 115 Å². The number of hydrogen-bond acceptors (Lipinski definition) is 3. The number of nitrogens with zero attached hydrogens (tertiary/aromatic N) is 1. The lowest BCUT2D eigenvalue weighted by Crippen LogP contribution is -2.36. The summed E-state index contributed by atoms with van der Waals surface area (Å²) in [7, 11) is 0. The zero-order chi connectivity index (χ0) is 19.9. The van der Waals surface area contributed by atoms with Crippen molar-refractivity contribution in [2.24, 2.45) is 28.7 Å². The average molecular weight is 394 g/mol. The predicted molar refractivity (Wildman–Crippen MR) is 112 cm³/mol. The summed E-state index contributed by atoms with van der Waals surface area (Å²) in [6.07, 6.45) is 14.4. The third-order valence-corrected chi connectivity index (χ3v) is 7.84. The maximum absolute atomic E-state index is 14.0. The molecular weight excluding hydrogens is 353 g/mol. The second kappa shape index (κ2) is 10.7. The van der Waals surface area contributed by atoms with E-state index >= 15 is 0 Å². The van der Waals surface area contributed by atoms with E-state index in [1.54, 1.807) is 0 Å². The van der Waals surface area contributed by atoms with Crippen molar-refractivity contribution in [2.75, 3.05) is 0 Å². The Kier molecular flexibility index (Phi) is 8.35. The molecule has 0 bridgehead atoms. The van der Waals surface area contributed by atoms with E-state index in [1.165, 1.54) is 57.8 Å². The molecule has 0 spiro atoms. The molecule has 4 heteroatoms. The minimum absolute atomic E-state index is 0.0328. The zero-order valence-corrected chi connectivity index (χ0v) is 17.8. The van der Waals surface area contributed by atoms with Crippen molar-refractivity contribution < 1.29 is 13.9 Å². The number of esters is 1. The second-order valence-corrected chi connectivity index (χ2v) is 9.67. The fourth-order valence-electron chi connectivity index (χ4n) is 5.90. The number of hydrogen-bond donors (Lipinski definition) is 0. The molecule has 0 amide bonds. The second-order valence-electron chi connectivity index (χ2n) is 9.67. The molecule has 0 N–H and O–H groups in total. The predicted octanol–water partition coefficient (Wildman–Crippen LogP) is 6.29. The van der Waals surface area contributed by atoms with Crippen LogP contribution in [0.3, 0.4) is 0 Å². The largest absolute Gasteiger partial charge is 0.462 e. The van der Waals surface area contributed by atoms with Crippen LogP contribution in [-0.2, 0) is 9.53 Å². The highest BCUT2D eigenvalue weighted by Crippen LogP contribution is 2.42. The van der Waals surface area contributed by atoms with E-state index in [9.17, 15) is 9.18 Å². The topological polar surface area (TPSA) is 38.7 Å². The SMILES string of the molecule is C=NC1CCC(OC(=O)C2CCC(C3CCC(CCCC)CC3)CC2)CC1F. The van der Waals surface area contributed by atoms with Crippen molar-refractivity contribution in [1.29, 1.82) is 0 Å². The highest BCUT2D eigenvalue weighted by Gasteiger charge is 2.36. The number of halogens is 1. The lowest BCUT2D eigenvalue weighted by Gasteiger charge is -2.38. The van der Waals surface area contributed by atoms with Gasteiger partial charge in [0.1, 0.15) is 12.3 Å². The van der Waals surface area contributed by atoms with Gasteiger partial charge in [0.2, 0.25) is 0 Å². The van der Waals surface area contributed by atoms with Crippen molar-refractivity contribution >= 4 is 12.7 Å². The molecule has 0 aliphatic heterocycles. The van der Waals surface area contributed by atoms with E-state index in [2.05, 4.69) is 18.6 Å². The summed E-state index contributed by atoms with van der Waals surface area (Å²) in [5.74, 6) is 2.60. The Hall–Kier alpha value is -0.930. The minimum Gasteiger partial charge on any atom is -0.462 e. The molecule has 0 aromatic heterocycles. The van der Waals surface area contributed by atoms with Gasteiger partial charge in [-0.05, 0) is 75.8 Å². The average Bonchev–Trinajstić information content (AvgIpc) is 2.73. The number of unbranched alkanes of at least 4 members (excludes halogenated alkanes) is 1. The van der Waals surface area contributed by atoms with Gasteiger partial charge < -0.3 is 4.74 Å². The van der Waals surface area contributed by atoms with Gasteiger partial charge in [-0.25, -0.2) is 4.39 Å². The van der Waals surface area contributed by atoms with Crippen molar-refractivity contribution in [3.05, 3.63) is 0 Å². The summed E-state index contributed by atoms with van der Waals surface area (Å²) >= 11 is 0. The molecule has 160 valence electrons. The first-order valence-electron chi connectivity index (χ1n) is 11.9. The monoisotopic (exact) mass is 393 g/mol. The molecule has 3 aliphatic carbocycles. The van der Waals surface area contributed by atoms with Crippen molar-refractivity contribution in [3.8, 4) is 0 Å². The molecule has 0 heterocycles. The Balaban J connectivity index is 1.36. The van der Waals surface area contributed by atoms with E-state index in [0.717, 1.165) is 30.6 Å². The standard InChI is InChI=1S/C24H40FNO2/c1-3-4-5-17-6-8-18(9-7-17)19-10-12-20(13-11-19)24(27)28-21-14-15-23(26-2)22(25)16-21/h17-23H,2-16H2,1H3. The molecule has 3 fully saturated rings. The summed E-state index contributed by atoms with van der Waals surface area (Å²) in [5, 5.41) is 0. The molecule has 3 atom stereocenters. The van der Waals surface area contributed by atoms with Crippen LogP contribution in [-0.4, -0.2) is 31.0 Å². The van der Waals surface area contributed by atoms with Crippen LogP contribution in [0.1, 0.15) is 96.8 Å². The van der Waals surface area contributed by atoms with Gasteiger partial charge in [-0.15, -0.1) is 0 Å². The minimum atomic E-state index is -1.02. The van der Waals surface area contributed by atoms with Crippen LogP contribution in [0.4, 0.5) is 4.39 Å².